The van der Waals surface area contributed by atoms with Crippen molar-refractivity contribution >= 4 is 27.5 Å². The van der Waals surface area contributed by atoms with Crippen molar-refractivity contribution in [1.29, 1.82) is 0 Å². The van der Waals surface area contributed by atoms with E-state index in [1.807, 2.05) is 29.0 Å². The van der Waals surface area contributed by atoms with Gasteiger partial charge in [-0.2, -0.15) is 0 Å². The number of amides is 1. The van der Waals surface area contributed by atoms with Gasteiger partial charge >= 0.3 is 0 Å². The number of nitrogens with one attached hydrogen (secondary N) is 1. The molecule has 0 aliphatic heterocycles. The molecule has 1 amide bonds. The van der Waals surface area contributed by atoms with Crippen molar-refractivity contribution in [2.45, 2.75) is 24.7 Å². The predicted molar refractivity (Wildman–Crippen MR) is 115 cm³/mol. The third-order valence-electron chi connectivity index (χ3n) is 4.58. The number of ether oxygens (including phenoxy) is 1. The average molecular weight is 448 g/mol. The largest absolute Gasteiger partial charge is 0.497 e. The number of hydrogen-bond donors (Lipinski definition) is 1. The number of methoxy groups -OCH3 is 1. The highest BCUT2D eigenvalue weighted by molar-refractivity contribution is 7.90. The maximum Gasteiger partial charge on any atom is 0.285 e. The quantitative estimate of drug-likeness (QED) is 0.617. The zero-order valence-electron chi connectivity index (χ0n) is 17.0. The fourth-order valence-electron chi connectivity index (χ4n) is 2.93. The molecule has 3 aromatic rings. The zero-order chi connectivity index (χ0) is 22.1. The maximum absolute atomic E-state index is 12.7. The fraction of sp³-hybridized carbons (Fsp3) is 0.238. The Balaban J connectivity index is 1.90. The Hall–Kier alpha value is -2.84. The van der Waals surface area contributed by atoms with Gasteiger partial charge < -0.3 is 9.30 Å². The highest BCUT2D eigenvalue weighted by Crippen LogP contribution is 2.27. The molecule has 1 N–H and O–H groups in total. The Kier molecular flexibility index (Phi) is 6.19. The molecule has 1 heterocycles. The van der Waals surface area contributed by atoms with E-state index < -0.39 is 15.9 Å². The van der Waals surface area contributed by atoms with Crippen LogP contribution in [0.5, 0.6) is 5.75 Å². The molecular formula is C21H22ClN3O4S. The minimum atomic E-state index is -4.22. The zero-order valence-corrected chi connectivity index (χ0v) is 18.6. The Bertz CT molecular complexity index is 1200. The van der Waals surface area contributed by atoms with Gasteiger partial charge in [0.25, 0.3) is 15.9 Å². The highest BCUT2D eigenvalue weighted by atomic mass is 35.5. The molecule has 7 nitrogen and oxygen atoms in total. The molecule has 2 aromatic carbocycles. The summed E-state index contributed by atoms with van der Waals surface area (Å²) < 4.78 is 34.1. The van der Waals surface area contributed by atoms with Crippen molar-refractivity contribution in [1.82, 2.24) is 14.3 Å². The van der Waals surface area contributed by atoms with Crippen LogP contribution in [0.4, 0.5) is 0 Å². The third kappa shape index (κ3) is 4.49. The number of halogens is 1. The molecule has 0 fully saturated rings. The molecule has 0 saturated heterocycles. The molecule has 3 rings (SSSR count). The van der Waals surface area contributed by atoms with Crippen LogP contribution >= 0.6 is 11.6 Å². The number of aryl methyl sites for hydroxylation is 1. The van der Waals surface area contributed by atoms with Crippen LogP contribution in [0.15, 0.2) is 53.6 Å². The molecule has 158 valence electrons. The van der Waals surface area contributed by atoms with E-state index in [1.54, 1.807) is 11.6 Å². The second-order valence-corrected chi connectivity index (χ2v) is 9.13. The molecule has 0 spiro atoms. The van der Waals surface area contributed by atoms with Crippen molar-refractivity contribution < 1.29 is 17.9 Å². The first-order chi connectivity index (χ1) is 14.1. The third-order valence-corrected chi connectivity index (χ3v) is 6.39. The van der Waals surface area contributed by atoms with Gasteiger partial charge in [-0.3, -0.25) is 4.79 Å². The molecule has 9 heteroatoms. The number of aromatic nitrogens is 2. The summed E-state index contributed by atoms with van der Waals surface area (Å²) in [6.07, 6.45) is 1.48. The van der Waals surface area contributed by atoms with Gasteiger partial charge in [0.1, 0.15) is 22.2 Å². The monoisotopic (exact) mass is 447 g/mol. The van der Waals surface area contributed by atoms with Crippen LogP contribution in [0.2, 0.25) is 5.02 Å². The molecule has 0 aliphatic rings. The van der Waals surface area contributed by atoms with Gasteiger partial charge in [-0.1, -0.05) is 43.6 Å². The summed E-state index contributed by atoms with van der Waals surface area (Å²) in [5.41, 5.74) is 1.95. The van der Waals surface area contributed by atoms with Gasteiger partial charge in [0.05, 0.1) is 12.1 Å². The topological polar surface area (TPSA) is 90.3 Å². The van der Waals surface area contributed by atoms with Crippen LogP contribution in [-0.2, 0) is 17.1 Å². The highest BCUT2D eigenvalue weighted by Gasteiger charge is 2.24. The number of nitrogens with zero attached hydrogens (tertiary/aromatic N) is 2. The standard InChI is InChI=1S/C21H22ClN3O4S/c1-13(2)14-6-5-7-15(10-14)20-23-18(12-25(20)3)21(26)24-30(27,28)19-11-16(29-4)8-9-17(19)22/h5-13H,1-4H3,(H,24,26). The lowest BCUT2D eigenvalue weighted by Crippen LogP contribution is -2.31. The number of carbonyl (C=O) groups excluding carboxylic acids is 1. The second kappa shape index (κ2) is 8.49. The Labute approximate surface area is 180 Å². The van der Waals surface area contributed by atoms with E-state index in [-0.39, 0.29) is 15.6 Å². The summed E-state index contributed by atoms with van der Waals surface area (Å²) in [6.45, 7) is 4.18. The first kappa shape index (κ1) is 21.9. The van der Waals surface area contributed by atoms with Crippen LogP contribution in [0.3, 0.4) is 0 Å². The van der Waals surface area contributed by atoms with Crippen molar-refractivity contribution in [2.75, 3.05) is 7.11 Å². The van der Waals surface area contributed by atoms with E-state index >= 15 is 0 Å². The normalized spacial score (nSPS) is 11.5. The Morgan fingerprint density at radius 3 is 2.60 bits per heavy atom. The van der Waals surface area contributed by atoms with E-state index in [4.69, 9.17) is 16.3 Å². The number of carbonyl (C=O) groups is 1. The Morgan fingerprint density at radius 1 is 1.20 bits per heavy atom. The molecule has 0 atom stereocenters. The number of rotatable bonds is 6. The van der Waals surface area contributed by atoms with E-state index in [0.717, 1.165) is 11.1 Å². The first-order valence-electron chi connectivity index (χ1n) is 9.16. The van der Waals surface area contributed by atoms with E-state index in [9.17, 15) is 13.2 Å². The molecule has 0 bridgehead atoms. The van der Waals surface area contributed by atoms with Crippen LogP contribution in [-0.4, -0.2) is 31.0 Å². The molecule has 0 aliphatic carbocycles. The number of benzene rings is 2. The van der Waals surface area contributed by atoms with E-state index in [2.05, 4.69) is 18.8 Å². The summed E-state index contributed by atoms with van der Waals surface area (Å²) in [5, 5.41) is -0.0247. The van der Waals surface area contributed by atoms with Crippen LogP contribution < -0.4 is 9.46 Å². The van der Waals surface area contributed by atoms with Gasteiger partial charge in [-0.05, 0) is 29.7 Å². The lowest BCUT2D eigenvalue weighted by Gasteiger charge is -2.09. The SMILES string of the molecule is COc1ccc(Cl)c(S(=O)(=O)NC(=O)c2cn(C)c(-c3cccc(C(C)C)c3)n2)c1. The summed E-state index contributed by atoms with van der Waals surface area (Å²) in [7, 11) is -1.07. The Morgan fingerprint density at radius 2 is 1.93 bits per heavy atom. The summed E-state index contributed by atoms with van der Waals surface area (Å²) in [4.78, 5) is 16.7. The molecule has 1 aromatic heterocycles. The smallest absolute Gasteiger partial charge is 0.285 e. The lowest BCUT2D eigenvalue weighted by molar-refractivity contribution is 0.0977. The minimum absolute atomic E-state index is 0.0231. The molecule has 30 heavy (non-hydrogen) atoms. The fourth-order valence-corrected chi connectivity index (χ4v) is 4.40. The van der Waals surface area contributed by atoms with E-state index in [0.29, 0.717) is 17.5 Å². The maximum atomic E-state index is 12.7. The van der Waals surface area contributed by atoms with Crippen molar-refractivity contribution in [3.8, 4) is 17.1 Å². The van der Waals surface area contributed by atoms with Crippen molar-refractivity contribution in [3.05, 3.63) is 64.9 Å². The van der Waals surface area contributed by atoms with Gasteiger partial charge in [0.2, 0.25) is 0 Å². The molecular weight excluding hydrogens is 426 g/mol. The number of imidazole rings is 1. The van der Waals surface area contributed by atoms with Crippen LogP contribution in [0.1, 0.15) is 35.8 Å². The number of hydrogen-bond acceptors (Lipinski definition) is 5. The van der Waals surface area contributed by atoms with Gasteiger partial charge in [-0.25, -0.2) is 18.1 Å². The molecule has 0 saturated carbocycles. The lowest BCUT2D eigenvalue weighted by atomic mass is 10.0. The molecule has 0 radical (unpaired) electrons. The van der Waals surface area contributed by atoms with Gasteiger partial charge in [0, 0.05) is 24.9 Å². The van der Waals surface area contributed by atoms with Gasteiger partial charge in [0.15, 0.2) is 0 Å². The van der Waals surface area contributed by atoms with Gasteiger partial charge in [-0.15, -0.1) is 0 Å². The number of sulfonamides is 1. The first-order valence-corrected chi connectivity index (χ1v) is 11.0. The second-order valence-electron chi connectivity index (χ2n) is 7.07. The van der Waals surface area contributed by atoms with E-state index in [1.165, 1.54) is 31.5 Å². The minimum Gasteiger partial charge on any atom is -0.497 e. The molecule has 0 unspecified atom stereocenters. The summed E-state index contributed by atoms with van der Waals surface area (Å²) >= 11 is 6.01. The van der Waals surface area contributed by atoms with Crippen molar-refractivity contribution in [3.63, 3.8) is 0 Å². The summed E-state index contributed by atoms with van der Waals surface area (Å²) in [6, 6.07) is 12.0. The summed E-state index contributed by atoms with van der Waals surface area (Å²) in [5.74, 6) is 0.346. The average Bonchev–Trinajstić information content (AvgIpc) is 3.10. The van der Waals surface area contributed by atoms with Crippen LogP contribution in [0.25, 0.3) is 11.4 Å². The van der Waals surface area contributed by atoms with Crippen LogP contribution in [0, 0.1) is 0 Å². The van der Waals surface area contributed by atoms with Crippen molar-refractivity contribution in [2.24, 2.45) is 7.05 Å². The predicted octanol–water partition coefficient (Wildman–Crippen LogP) is 3.99.